The van der Waals surface area contributed by atoms with Gasteiger partial charge in [-0.15, -0.1) is 0 Å². The molecule has 8 heteroatoms. The van der Waals surface area contributed by atoms with E-state index in [1.54, 1.807) is 0 Å². The summed E-state index contributed by atoms with van der Waals surface area (Å²) in [5.74, 6) is -0.417. The van der Waals surface area contributed by atoms with Gasteiger partial charge in [0.25, 0.3) is 5.91 Å². The van der Waals surface area contributed by atoms with Gasteiger partial charge in [0.1, 0.15) is 0 Å². The maximum Gasteiger partial charge on any atom is 0.251 e. The molecule has 0 saturated carbocycles. The van der Waals surface area contributed by atoms with E-state index in [1.807, 2.05) is 13.8 Å². The maximum atomic E-state index is 12.8. The first-order chi connectivity index (χ1) is 10.8. The Morgan fingerprint density at radius 1 is 1.35 bits per heavy atom. The van der Waals surface area contributed by atoms with Crippen molar-refractivity contribution in [3.8, 4) is 0 Å². The van der Waals surface area contributed by atoms with Crippen LogP contribution in [0.3, 0.4) is 0 Å². The minimum atomic E-state index is -3.68. The van der Waals surface area contributed by atoms with Crippen LogP contribution in [0.4, 0.5) is 0 Å². The summed E-state index contributed by atoms with van der Waals surface area (Å²) in [6.07, 6.45) is -0.353. The number of sulfonamides is 1. The molecule has 1 fully saturated rings. The van der Waals surface area contributed by atoms with Gasteiger partial charge in [0.05, 0.1) is 23.7 Å². The SMILES string of the molecule is C[C@@H]1CN(S(=O)(=O)c2cccc(C(=O)NCCO)c2)C[C@H](C)O1. The number of carbonyl (C=O) groups is 1. The fourth-order valence-electron chi connectivity index (χ4n) is 2.55. The number of nitrogens with zero attached hydrogens (tertiary/aromatic N) is 1. The van der Waals surface area contributed by atoms with Crippen molar-refractivity contribution >= 4 is 15.9 Å². The van der Waals surface area contributed by atoms with Crippen molar-refractivity contribution in [1.29, 1.82) is 0 Å². The molecule has 1 heterocycles. The highest BCUT2D eigenvalue weighted by Crippen LogP contribution is 2.21. The molecule has 0 aromatic heterocycles. The second kappa shape index (κ2) is 7.39. The van der Waals surface area contributed by atoms with Crippen LogP contribution < -0.4 is 5.32 Å². The quantitative estimate of drug-likeness (QED) is 0.797. The van der Waals surface area contributed by atoms with Crippen molar-refractivity contribution in [3.05, 3.63) is 29.8 Å². The lowest BCUT2D eigenvalue weighted by molar-refractivity contribution is -0.0440. The lowest BCUT2D eigenvalue weighted by atomic mass is 10.2. The van der Waals surface area contributed by atoms with Crippen molar-refractivity contribution in [2.75, 3.05) is 26.2 Å². The number of rotatable bonds is 5. The molecular weight excluding hydrogens is 320 g/mol. The van der Waals surface area contributed by atoms with Gasteiger partial charge in [-0.05, 0) is 32.0 Å². The monoisotopic (exact) mass is 342 g/mol. The number of aliphatic hydroxyl groups excluding tert-OH is 1. The fourth-order valence-corrected chi connectivity index (χ4v) is 4.18. The zero-order valence-corrected chi connectivity index (χ0v) is 14.0. The van der Waals surface area contributed by atoms with Crippen LogP contribution in [0.5, 0.6) is 0 Å². The van der Waals surface area contributed by atoms with Crippen LogP contribution in [0.15, 0.2) is 29.2 Å². The summed E-state index contributed by atoms with van der Waals surface area (Å²) >= 11 is 0. The zero-order chi connectivity index (χ0) is 17.0. The third-order valence-electron chi connectivity index (χ3n) is 3.52. The summed E-state index contributed by atoms with van der Waals surface area (Å²) in [4.78, 5) is 12.0. The van der Waals surface area contributed by atoms with Crippen LogP contribution in [0, 0.1) is 0 Å². The molecule has 1 amide bonds. The van der Waals surface area contributed by atoms with Crippen molar-refractivity contribution in [1.82, 2.24) is 9.62 Å². The molecule has 1 aromatic carbocycles. The molecule has 0 spiro atoms. The van der Waals surface area contributed by atoms with Gasteiger partial charge < -0.3 is 15.2 Å². The largest absolute Gasteiger partial charge is 0.395 e. The highest BCUT2D eigenvalue weighted by molar-refractivity contribution is 7.89. The van der Waals surface area contributed by atoms with Crippen molar-refractivity contribution < 1.29 is 23.1 Å². The first-order valence-corrected chi connectivity index (χ1v) is 8.93. The van der Waals surface area contributed by atoms with Crippen LogP contribution in [0.2, 0.25) is 0 Å². The Balaban J connectivity index is 2.24. The summed E-state index contributed by atoms with van der Waals surface area (Å²) in [5, 5.41) is 11.2. The molecule has 7 nitrogen and oxygen atoms in total. The number of amides is 1. The van der Waals surface area contributed by atoms with E-state index in [2.05, 4.69) is 5.32 Å². The van der Waals surface area contributed by atoms with E-state index in [9.17, 15) is 13.2 Å². The number of aliphatic hydroxyl groups is 1. The molecule has 0 unspecified atom stereocenters. The van der Waals surface area contributed by atoms with Gasteiger partial charge in [-0.1, -0.05) is 6.07 Å². The topological polar surface area (TPSA) is 95.9 Å². The Morgan fingerprint density at radius 2 is 2.00 bits per heavy atom. The molecule has 0 bridgehead atoms. The van der Waals surface area contributed by atoms with E-state index in [0.717, 1.165) is 0 Å². The summed E-state index contributed by atoms with van der Waals surface area (Å²) < 4.78 is 32.5. The minimum absolute atomic E-state index is 0.0791. The predicted molar refractivity (Wildman–Crippen MR) is 84.6 cm³/mol. The smallest absolute Gasteiger partial charge is 0.251 e. The molecule has 2 rings (SSSR count). The number of morpholine rings is 1. The van der Waals surface area contributed by atoms with E-state index >= 15 is 0 Å². The van der Waals surface area contributed by atoms with Gasteiger partial charge in [-0.2, -0.15) is 4.31 Å². The number of carbonyl (C=O) groups excluding carboxylic acids is 1. The van der Waals surface area contributed by atoms with Gasteiger partial charge in [0.2, 0.25) is 10.0 Å². The molecule has 23 heavy (non-hydrogen) atoms. The van der Waals surface area contributed by atoms with Crippen molar-refractivity contribution in [3.63, 3.8) is 0 Å². The van der Waals surface area contributed by atoms with Gasteiger partial charge in [0, 0.05) is 25.2 Å². The van der Waals surface area contributed by atoms with Crippen LogP contribution in [0.1, 0.15) is 24.2 Å². The molecule has 128 valence electrons. The third kappa shape index (κ3) is 4.29. The molecule has 0 radical (unpaired) electrons. The van der Waals surface area contributed by atoms with E-state index < -0.39 is 15.9 Å². The Morgan fingerprint density at radius 3 is 2.61 bits per heavy atom. The molecule has 2 N–H and O–H groups in total. The lowest BCUT2D eigenvalue weighted by Crippen LogP contribution is -2.48. The molecule has 0 aliphatic carbocycles. The van der Waals surface area contributed by atoms with Crippen LogP contribution in [0.25, 0.3) is 0 Å². The Bertz CT molecular complexity index is 652. The van der Waals surface area contributed by atoms with Crippen LogP contribution >= 0.6 is 0 Å². The highest BCUT2D eigenvalue weighted by Gasteiger charge is 2.32. The van der Waals surface area contributed by atoms with E-state index in [0.29, 0.717) is 0 Å². The van der Waals surface area contributed by atoms with Crippen molar-refractivity contribution in [2.45, 2.75) is 31.0 Å². The first kappa shape index (κ1) is 17.9. The Kier molecular flexibility index (Phi) is 5.74. The molecule has 1 saturated heterocycles. The average Bonchev–Trinajstić information content (AvgIpc) is 2.51. The summed E-state index contributed by atoms with van der Waals surface area (Å²) in [6.45, 7) is 4.18. The highest BCUT2D eigenvalue weighted by atomic mass is 32.2. The second-order valence-electron chi connectivity index (χ2n) is 5.59. The second-order valence-corrected chi connectivity index (χ2v) is 7.52. The number of nitrogens with one attached hydrogen (secondary N) is 1. The standard InChI is InChI=1S/C15H22N2O5S/c1-11-9-17(10-12(2)22-11)23(20,21)14-5-3-4-13(8-14)15(19)16-6-7-18/h3-5,8,11-12,18H,6-7,9-10H2,1-2H3,(H,16,19)/t11-,12+. The van der Waals surface area contributed by atoms with E-state index in [1.165, 1.54) is 28.6 Å². The predicted octanol–water partition coefficient (Wildman–Crippen LogP) is 0.207. The van der Waals surface area contributed by atoms with Gasteiger partial charge in [-0.3, -0.25) is 4.79 Å². The lowest BCUT2D eigenvalue weighted by Gasteiger charge is -2.34. The van der Waals surface area contributed by atoms with Gasteiger partial charge in [0.15, 0.2) is 0 Å². The first-order valence-electron chi connectivity index (χ1n) is 7.49. The van der Waals surface area contributed by atoms with Crippen LogP contribution in [-0.2, 0) is 14.8 Å². The Labute approximate surface area is 136 Å². The van der Waals surface area contributed by atoms with E-state index in [-0.39, 0.29) is 48.9 Å². The third-order valence-corrected chi connectivity index (χ3v) is 5.35. The zero-order valence-electron chi connectivity index (χ0n) is 13.2. The van der Waals surface area contributed by atoms with Gasteiger partial charge in [-0.25, -0.2) is 8.42 Å². The normalized spacial score (nSPS) is 22.7. The molecule has 1 aliphatic heterocycles. The number of benzene rings is 1. The van der Waals surface area contributed by atoms with Crippen molar-refractivity contribution in [2.24, 2.45) is 0 Å². The van der Waals surface area contributed by atoms with E-state index in [4.69, 9.17) is 9.84 Å². The number of hydrogen-bond donors (Lipinski definition) is 2. The van der Waals surface area contributed by atoms with Gasteiger partial charge >= 0.3 is 0 Å². The summed E-state index contributed by atoms with van der Waals surface area (Å²) in [6, 6.07) is 5.90. The Hall–Kier alpha value is -1.48. The molecular formula is C15H22N2O5S. The fraction of sp³-hybridized carbons (Fsp3) is 0.533. The maximum absolute atomic E-state index is 12.8. The minimum Gasteiger partial charge on any atom is -0.395 e. The molecule has 2 atom stereocenters. The molecule has 1 aliphatic rings. The molecule has 1 aromatic rings. The number of hydrogen-bond acceptors (Lipinski definition) is 5. The van der Waals surface area contributed by atoms with Crippen LogP contribution in [-0.4, -0.2) is 62.2 Å². The average molecular weight is 342 g/mol. The summed E-state index contributed by atoms with van der Waals surface area (Å²) in [5.41, 5.74) is 0.244. The number of ether oxygens (including phenoxy) is 1. The summed E-state index contributed by atoms with van der Waals surface area (Å²) in [7, 11) is -3.68.